The average Bonchev–Trinajstić information content (AvgIpc) is 3.09. The van der Waals surface area contributed by atoms with E-state index in [1.807, 2.05) is 20.8 Å². The van der Waals surface area contributed by atoms with Crippen molar-refractivity contribution in [2.45, 2.75) is 33.4 Å². The fourth-order valence-corrected chi connectivity index (χ4v) is 2.75. The first kappa shape index (κ1) is 16.2. The summed E-state index contributed by atoms with van der Waals surface area (Å²) in [6, 6.07) is 5.99. The minimum atomic E-state index is -0.697. The largest absolute Gasteiger partial charge is 0.381 e. The molecule has 0 bridgehead atoms. The molecule has 0 spiro atoms. The molecule has 7 heteroatoms. The van der Waals surface area contributed by atoms with E-state index < -0.39 is 6.10 Å². The monoisotopic (exact) mass is 330 g/mol. The Bertz CT molecular complexity index is 763. The highest BCUT2D eigenvalue weighted by atomic mass is 19.1. The normalized spacial score (nSPS) is 19.8. The minimum absolute atomic E-state index is 0.220. The van der Waals surface area contributed by atoms with Gasteiger partial charge in [-0.3, -0.25) is 9.89 Å². The van der Waals surface area contributed by atoms with Gasteiger partial charge in [-0.2, -0.15) is 5.10 Å². The van der Waals surface area contributed by atoms with Crippen molar-refractivity contribution in [1.29, 1.82) is 0 Å². The molecule has 1 aliphatic rings. The lowest BCUT2D eigenvalue weighted by Crippen LogP contribution is -2.39. The number of nitrogens with zero attached hydrogens (tertiary/aromatic N) is 2. The molecule has 1 amide bonds. The second-order valence-corrected chi connectivity index (χ2v) is 5.93. The van der Waals surface area contributed by atoms with Crippen molar-refractivity contribution in [1.82, 2.24) is 15.5 Å². The van der Waals surface area contributed by atoms with Gasteiger partial charge in [0.05, 0.1) is 17.3 Å². The lowest BCUT2D eigenvalue weighted by atomic mass is 9.93. The van der Waals surface area contributed by atoms with Gasteiger partial charge in [0.2, 0.25) is 6.10 Å². The van der Waals surface area contributed by atoms with Gasteiger partial charge in [0.15, 0.2) is 0 Å². The molecule has 1 aromatic heterocycles. The maximum atomic E-state index is 13.0. The molecular formula is C17H19FN4O2. The van der Waals surface area contributed by atoms with Crippen molar-refractivity contribution in [2.24, 2.45) is 11.1 Å². The highest BCUT2D eigenvalue weighted by molar-refractivity contribution is 6.05. The van der Waals surface area contributed by atoms with Gasteiger partial charge < -0.3 is 10.2 Å². The number of amides is 1. The predicted molar refractivity (Wildman–Crippen MR) is 86.9 cm³/mol. The van der Waals surface area contributed by atoms with Gasteiger partial charge in [0.1, 0.15) is 5.82 Å². The molecule has 6 nitrogen and oxygen atoms in total. The number of H-pyrrole nitrogens is 1. The van der Waals surface area contributed by atoms with Crippen molar-refractivity contribution in [3.05, 3.63) is 52.6 Å². The molecule has 0 fully saturated rings. The molecule has 2 aromatic rings. The summed E-state index contributed by atoms with van der Waals surface area (Å²) in [6.07, 6.45) is -0.697. The Morgan fingerprint density at radius 2 is 2.04 bits per heavy atom. The molecule has 0 saturated carbocycles. The van der Waals surface area contributed by atoms with Gasteiger partial charge in [-0.05, 0) is 31.5 Å². The molecule has 0 unspecified atom stereocenters. The second kappa shape index (κ2) is 6.43. The van der Waals surface area contributed by atoms with Crippen LogP contribution in [0.3, 0.4) is 0 Å². The summed E-state index contributed by atoms with van der Waals surface area (Å²) >= 11 is 0. The van der Waals surface area contributed by atoms with Crippen LogP contribution in [0, 0.1) is 25.6 Å². The molecule has 0 saturated heterocycles. The van der Waals surface area contributed by atoms with E-state index >= 15 is 0 Å². The number of oxime groups is 1. The van der Waals surface area contributed by atoms with E-state index in [9.17, 15) is 9.18 Å². The zero-order valence-electron chi connectivity index (χ0n) is 13.8. The Morgan fingerprint density at radius 1 is 1.33 bits per heavy atom. The highest BCUT2D eigenvalue weighted by Gasteiger charge is 2.36. The number of halogens is 1. The number of hydrogen-bond donors (Lipinski definition) is 2. The summed E-state index contributed by atoms with van der Waals surface area (Å²) < 4.78 is 13.0. The molecule has 2 atom stereocenters. The SMILES string of the molecule is Cc1n[nH]c(C)c1CNC(=O)[C@@H]1ON=C(c2ccc(F)cc2)[C@@H]1C. The zero-order chi connectivity index (χ0) is 17.3. The zero-order valence-corrected chi connectivity index (χ0v) is 13.8. The Balaban J connectivity index is 1.64. The fourth-order valence-electron chi connectivity index (χ4n) is 2.75. The number of benzene rings is 1. The van der Waals surface area contributed by atoms with E-state index in [0.717, 1.165) is 22.5 Å². The number of aryl methyl sites for hydroxylation is 2. The Hall–Kier alpha value is -2.70. The van der Waals surface area contributed by atoms with Crippen LogP contribution in [0.1, 0.15) is 29.4 Å². The van der Waals surface area contributed by atoms with Crippen LogP contribution in [0.2, 0.25) is 0 Å². The molecule has 0 radical (unpaired) electrons. The van der Waals surface area contributed by atoms with E-state index in [0.29, 0.717) is 12.3 Å². The quantitative estimate of drug-likeness (QED) is 0.902. The number of carbonyl (C=O) groups is 1. The molecule has 2 heterocycles. The van der Waals surface area contributed by atoms with E-state index in [4.69, 9.17) is 4.84 Å². The summed E-state index contributed by atoms with van der Waals surface area (Å²) in [6.45, 7) is 6.04. The standard InChI is InChI=1S/C17H19FN4O2/c1-9-15(12-4-6-13(18)7-5-12)22-24-16(9)17(23)19-8-14-10(2)20-21-11(14)3/h4-7,9,16H,8H2,1-3H3,(H,19,23)(H,20,21)/t9-,16+/m0/s1. The first-order valence-corrected chi connectivity index (χ1v) is 7.75. The Morgan fingerprint density at radius 3 is 2.67 bits per heavy atom. The van der Waals surface area contributed by atoms with Crippen molar-refractivity contribution in [3.63, 3.8) is 0 Å². The topological polar surface area (TPSA) is 79.4 Å². The van der Waals surface area contributed by atoms with E-state index in [2.05, 4.69) is 20.7 Å². The maximum Gasteiger partial charge on any atom is 0.264 e. The molecule has 126 valence electrons. The van der Waals surface area contributed by atoms with Gasteiger partial charge in [-0.25, -0.2) is 4.39 Å². The predicted octanol–water partition coefficient (Wildman–Crippen LogP) is 2.22. The molecular weight excluding hydrogens is 311 g/mol. The molecule has 3 rings (SSSR count). The molecule has 1 aliphatic heterocycles. The van der Waals surface area contributed by atoms with Crippen LogP contribution >= 0.6 is 0 Å². The third-order valence-electron chi connectivity index (χ3n) is 4.27. The summed E-state index contributed by atoms with van der Waals surface area (Å²) in [5.74, 6) is -0.767. The van der Waals surface area contributed by atoms with Crippen molar-refractivity contribution < 1.29 is 14.0 Å². The summed E-state index contributed by atoms with van der Waals surface area (Å²) in [7, 11) is 0. The summed E-state index contributed by atoms with van der Waals surface area (Å²) in [5.41, 5.74) is 4.15. The lowest BCUT2D eigenvalue weighted by molar-refractivity contribution is -0.132. The average molecular weight is 330 g/mol. The van der Waals surface area contributed by atoms with Gasteiger partial charge in [0, 0.05) is 17.8 Å². The second-order valence-electron chi connectivity index (χ2n) is 5.93. The van der Waals surface area contributed by atoms with Gasteiger partial charge in [0.25, 0.3) is 5.91 Å². The Labute approximate surface area is 139 Å². The van der Waals surface area contributed by atoms with Crippen molar-refractivity contribution in [3.8, 4) is 0 Å². The molecule has 1 aromatic carbocycles. The Kier molecular flexibility index (Phi) is 4.33. The molecule has 24 heavy (non-hydrogen) atoms. The first-order chi connectivity index (χ1) is 11.5. The highest BCUT2D eigenvalue weighted by Crippen LogP contribution is 2.23. The van der Waals surface area contributed by atoms with Gasteiger partial charge in [-0.15, -0.1) is 0 Å². The number of carbonyl (C=O) groups excluding carboxylic acids is 1. The van der Waals surface area contributed by atoms with Crippen molar-refractivity contribution in [2.75, 3.05) is 0 Å². The summed E-state index contributed by atoms with van der Waals surface area (Å²) in [4.78, 5) is 17.7. The van der Waals surface area contributed by atoms with Crippen LogP contribution in [0.15, 0.2) is 29.4 Å². The first-order valence-electron chi connectivity index (χ1n) is 7.75. The van der Waals surface area contributed by atoms with Crippen LogP contribution in [-0.4, -0.2) is 27.9 Å². The van der Waals surface area contributed by atoms with E-state index in [1.165, 1.54) is 12.1 Å². The summed E-state index contributed by atoms with van der Waals surface area (Å²) in [5, 5.41) is 13.9. The number of aromatic nitrogens is 2. The smallest absolute Gasteiger partial charge is 0.264 e. The lowest BCUT2D eigenvalue weighted by Gasteiger charge is -2.14. The van der Waals surface area contributed by atoms with Crippen LogP contribution in [0.25, 0.3) is 0 Å². The minimum Gasteiger partial charge on any atom is -0.381 e. The van der Waals surface area contributed by atoms with Crippen LogP contribution < -0.4 is 5.32 Å². The molecule has 2 N–H and O–H groups in total. The number of hydrogen-bond acceptors (Lipinski definition) is 4. The molecule has 0 aliphatic carbocycles. The number of rotatable bonds is 4. The maximum absolute atomic E-state index is 13.0. The van der Waals surface area contributed by atoms with E-state index in [-0.39, 0.29) is 17.6 Å². The number of aromatic amines is 1. The third-order valence-corrected chi connectivity index (χ3v) is 4.27. The number of nitrogens with one attached hydrogen (secondary N) is 2. The van der Waals surface area contributed by atoms with Gasteiger partial charge >= 0.3 is 0 Å². The van der Waals surface area contributed by atoms with Gasteiger partial charge in [-0.1, -0.05) is 24.2 Å². The van der Waals surface area contributed by atoms with E-state index in [1.54, 1.807) is 12.1 Å². The third kappa shape index (κ3) is 3.02. The van der Waals surface area contributed by atoms with Crippen LogP contribution in [0.5, 0.6) is 0 Å². The fraction of sp³-hybridized carbons (Fsp3) is 0.353. The van der Waals surface area contributed by atoms with Crippen LogP contribution in [-0.2, 0) is 16.2 Å². The van der Waals surface area contributed by atoms with Crippen LogP contribution in [0.4, 0.5) is 4.39 Å². The van der Waals surface area contributed by atoms with Crippen molar-refractivity contribution >= 4 is 11.6 Å².